The van der Waals surface area contributed by atoms with Crippen molar-refractivity contribution in [2.24, 2.45) is 0 Å². The fourth-order valence-corrected chi connectivity index (χ4v) is 2.75. The zero-order valence-corrected chi connectivity index (χ0v) is 17.9. The second-order valence-corrected chi connectivity index (χ2v) is 6.86. The van der Waals surface area contributed by atoms with Gasteiger partial charge in [0.15, 0.2) is 6.61 Å². The normalized spacial score (nSPS) is 10.3. The maximum Gasteiger partial charge on any atom is 0.387 e. The molecule has 3 N–H and O–H groups in total. The molecule has 33 heavy (non-hydrogen) atoms. The number of rotatable bonds is 10. The third-order valence-electron chi connectivity index (χ3n) is 4.03. The van der Waals surface area contributed by atoms with Gasteiger partial charge in [0, 0.05) is 31.8 Å². The van der Waals surface area contributed by atoms with Gasteiger partial charge in [0.1, 0.15) is 5.75 Å². The summed E-state index contributed by atoms with van der Waals surface area (Å²) in [5.41, 5.74) is 1.36. The van der Waals surface area contributed by atoms with Crippen LogP contribution in [-0.4, -0.2) is 43.5 Å². The summed E-state index contributed by atoms with van der Waals surface area (Å²) in [6, 6.07) is 10.2. The Balaban J connectivity index is 1.86. The summed E-state index contributed by atoms with van der Waals surface area (Å²) in [6.45, 7) is -0.629. The van der Waals surface area contributed by atoms with Crippen molar-refractivity contribution in [3.05, 3.63) is 53.6 Å². The Morgan fingerprint density at radius 2 is 1.48 bits per heavy atom. The zero-order valence-electron chi connectivity index (χ0n) is 17.9. The van der Waals surface area contributed by atoms with Gasteiger partial charge in [0.2, 0.25) is 11.8 Å². The van der Waals surface area contributed by atoms with E-state index in [9.17, 15) is 28.0 Å². The summed E-state index contributed by atoms with van der Waals surface area (Å²) in [7, 11) is 0. The minimum atomic E-state index is -2.90. The molecule has 0 atom stereocenters. The van der Waals surface area contributed by atoms with Crippen LogP contribution in [0.25, 0.3) is 0 Å². The number of hydrogen-bond donors (Lipinski definition) is 3. The molecule has 0 heterocycles. The lowest BCUT2D eigenvalue weighted by Gasteiger charge is -2.11. The number of anilines is 2. The molecule has 11 heteroatoms. The number of carbonyl (C=O) groups excluding carboxylic acids is 4. The third-order valence-corrected chi connectivity index (χ3v) is 4.03. The summed E-state index contributed by atoms with van der Waals surface area (Å²) in [5.74, 6) is -2.07. The molecule has 0 saturated carbocycles. The van der Waals surface area contributed by atoms with Gasteiger partial charge >= 0.3 is 12.6 Å². The number of carbonyl (C=O) groups is 4. The molecule has 2 aromatic carbocycles. The van der Waals surface area contributed by atoms with Crippen molar-refractivity contribution in [2.75, 3.05) is 23.8 Å². The molecule has 2 aromatic rings. The van der Waals surface area contributed by atoms with Crippen LogP contribution in [0.4, 0.5) is 20.2 Å². The Labute approximate surface area is 188 Å². The predicted molar refractivity (Wildman–Crippen MR) is 115 cm³/mol. The van der Waals surface area contributed by atoms with Crippen LogP contribution < -0.4 is 20.7 Å². The maximum atomic E-state index is 12.3. The van der Waals surface area contributed by atoms with Crippen molar-refractivity contribution >= 4 is 35.1 Å². The number of benzene rings is 2. The molecule has 0 saturated heterocycles. The Bertz CT molecular complexity index is 977. The van der Waals surface area contributed by atoms with E-state index in [1.54, 1.807) is 12.1 Å². The van der Waals surface area contributed by atoms with Gasteiger partial charge in [0.05, 0.1) is 5.56 Å². The highest BCUT2D eigenvalue weighted by Crippen LogP contribution is 2.20. The van der Waals surface area contributed by atoms with E-state index in [0.29, 0.717) is 6.42 Å². The number of amides is 3. The van der Waals surface area contributed by atoms with Gasteiger partial charge < -0.3 is 25.4 Å². The zero-order chi connectivity index (χ0) is 24.4. The van der Waals surface area contributed by atoms with E-state index in [0.717, 1.165) is 5.56 Å². The molecule has 9 nitrogen and oxygen atoms in total. The second-order valence-electron chi connectivity index (χ2n) is 6.86. The molecular weight excluding hydrogens is 440 g/mol. The molecule has 0 aliphatic rings. The Morgan fingerprint density at radius 3 is 2.00 bits per heavy atom. The highest BCUT2D eigenvalue weighted by atomic mass is 19.3. The summed E-state index contributed by atoms with van der Waals surface area (Å²) < 4.78 is 33.6. The largest absolute Gasteiger partial charge is 0.452 e. The minimum absolute atomic E-state index is 0.0314. The minimum Gasteiger partial charge on any atom is -0.452 e. The fraction of sp³-hybridized carbons (Fsp3) is 0.273. The second kappa shape index (κ2) is 12.1. The van der Waals surface area contributed by atoms with Crippen LogP contribution in [0.2, 0.25) is 0 Å². The first-order chi connectivity index (χ1) is 15.6. The first kappa shape index (κ1) is 25.2. The topological polar surface area (TPSA) is 123 Å². The first-order valence-electron chi connectivity index (χ1n) is 9.80. The van der Waals surface area contributed by atoms with Gasteiger partial charge in [-0.1, -0.05) is 12.1 Å². The lowest BCUT2D eigenvalue weighted by Crippen LogP contribution is -2.30. The number of hydrogen-bond acceptors (Lipinski definition) is 6. The van der Waals surface area contributed by atoms with Crippen molar-refractivity contribution in [1.82, 2.24) is 5.32 Å². The molecule has 0 fully saturated rings. The predicted octanol–water partition coefficient (Wildman–Crippen LogP) is 2.72. The Morgan fingerprint density at radius 1 is 0.909 bits per heavy atom. The number of ether oxygens (including phenoxy) is 2. The molecule has 176 valence electrons. The molecule has 0 aromatic heterocycles. The van der Waals surface area contributed by atoms with Crippen LogP contribution in [0.15, 0.2) is 42.5 Å². The SMILES string of the molecule is CC(=O)Nc1cc(NC(C)=O)cc(C(=O)OCC(=O)NCCc2ccc(OC(F)F)cc2)c1. The maximum absolute atomic E-state index is 12.3. The highest BCUT2D eigenvalue weighted by molar-refractivity contribution is 5.98. The van der Waals surface area contributed by atoms with E-state index in [4.69, 9.17) is 4.74 Å². The van der Waals surface area contributed by atoms with Crippen LogP contribution >= 0.6 is 0 Å². The van der Waals surface area contributed by atoms with Crippen molar-refractivity contribution < 1.29 is 37.4 Å². The lowest BCUT2D eigenvalue weighted by atomic mass is 10.1. The molecule has 0 unspecified atom stereocenters. The van der Waals surface area contributed by atoms with Crippen molar-refractivity contribution in [3.63, 3.8) is 0 Å². The number of halogens is 2. The number of alkyl halides is 2. The molecule has 0 bridgehead atoms. The summed E-state index contributed by atoms with van der Waals surface area (Å²) >= 11 is 0. The first-order valence-corrected chi connectivity index (χ1v) is 9.80. The van der Waals surface area contributed by atoms with E-state index in [-0.39, 0.29) is 41.0 Å². The van der Waals surface area contributed by atoms with Crippen LogP contribution in [0, 0.1) is 0 Å². The van der Waals surface area contributed by atoms with Crippen LogP contribution in [0.1, 0.15) is 29.8 Å². The summed E-state index contributed by atoms with van der Waals surface area (Å²) in [5, 5.41) is 7.60. The van der Waals surface area contributed by atoms with Crippen LogP contribution in [0.5, 0.6) is 5.75 Å². The monoisotopic (exact) mass is 463 g/mol. The quantitative estimate of drug-likeness (QED) is 0.466. The number of esters is 1. The summed E-state index contributed by atoms with van der Waals surface area (Å²) in [6.07, 6.45) is 0.424. The molecule has 2 rings (SSSR count). The molecule has 0 radical (unpaired) electrons. The molecule has 0 spiro atoms. The standard InChI is InChI=1S/C22H23F2N3O6/c1-13(28)26-17-9-16(10-18(11-17)27-14(2)29)21(31)32-12-20(30)25-8-7-15-3-5-19(6-4-15)33-22(23)24/h3-6,9-11,22H,7-8,12H2,1-2H3,(H,25,30)(H,26,28)(H,27,29). The van der Waals surface area contributed by atoms with Gasteiger partial charge in [-0.25, -0.2) is 4.79 Å². The fourth-order valence-electron chi connectivity index (χ4n) is 2.75. The molecule has 0 aliphatic heterocycles. The van der Waals surface area contributed by atoms with Gasteiger partial charge in [-0.15, -0.1) is 0 Å². The van der Waals surface area contributed by atoms with Crippen molar-refractivity contribution in [3.8, 4) is 5.75 Å². The Kier molecular flexibility index (Phi) is 9.28. The average Bonchev–Trinajstić information content (AvgIpc) is 2.71. The van der Waals surface area contributed by atoms with Gasteiger partial charge in [0.25, 0.3) is 5.91 Å². The molecule has 0 aliphatic carbocycles. The van der Waals surface area contributed by atoms with Crippen LogP contribution in [0.3, 0.4) is 0 Å². The number of nitrogens with one attached hydrogen (secondary N) is 3. The van der Waals surface area contributed by atoms with E-state index in [1.165, 1.54) is 44.2 Å². The Hall–Kier alpha value is -4.02. The van der Waals surface area contributed by atoms with E-state index in [1.807, 2.05) is 0 Å². The van der Waals surface area contributed by atoms with Crippen LogP contribution in [-0.2, 0) is 25.5 Å². The average molecular weight is 463 g/mol. The third kappa shape index (κ3) is 9.33. The van der Waals surface area contributed by atoms with E-state index in [2.05, 4.69) is 20.7 Å². The van der Waals surface area contributed by atoms with E-state index < -0.39 is 25.1 Å². The summed E-state index contributed by atoms with van der Waals surface area (Å²) in [4.78, 5) is 46.9. The smallest absolute Gasteiger partial charge is 0.387 e. The van der Waals surface area contributed by atoms with Crippen molar-refractivity contribution in [2.45, 2.75) is 26.9 Å². The van der Waals surface area contributed by atoms with E-state index >= 15 is 0 Å². The lowest BCUT2D eigenvalue weighted by molar-refractivity contribution is -0.124. The molecule has 3 amide bonds. The highest BCUT2D eigenvalue weighted by Gasteiger charge is 2.14. The van der Waals surface area contributed by atoms with Gasteiger partial charge in [-0.05, 0) is 42.3 Å². The van der Waals surface area contributed by atoms with Crippen molar-refractivity contribution in [1.29, 1.82) is 0 Å². The van der Waals surface area contributed by atoms with Gasteiger partial charge in [-0.3, -0.25) is 14.4 Å². The van der Waals surface area contributed by atoms with Gasteiger partial charge in [-0.2, -0.15) is 8.78 Å². The molecular formula is C22H23F2N3O6.